The number of amides is 2. The van der Waals surface area contributed by atoms with Gasteiger partial charge < -0.3 is 14.2 Å². The highest BCUT2D eigenvalue weighted by Crippen LogP contribution is 2.37. The normalized spacial score (nSPS) is 15.8. The molecule has 0 spiro atoms. The minimum absolute atomic E-state index is 0.265. The van der Waals surface area contributed by atoms with Crippen molar-refractivity contribution < 1.29 is 23.8 Å². The van der Waals surface area contributed by atoms with E-state index in [9.17, 15) is 9.59 Å². The summed E-state index contributed by atoms with van der Waals surface area (Å²) in [5.41, 5.74) is 0.747. The third-order valence-corrected chi connectivity index (χ3v) is 5.24. The SMILES string of the molecule is COCCCN1C(=O)S/C(=C/c2c(OC)ccc3ccc(OC)cc23)C1=O. The maximum Gasteiger partial charge on any atom is 0.293 e. The third-order valence-electron chi connectivity index (χ3n) is 4.33. The number of carbonyl (C=O) groups is 2. The fourth-order valence-electron chi connectivity index (χ4n) is 2.95. The Morgan fingerprint density at radius 1 is 1.07 bits per heavy atom. The molecule has 2 amide bonds. The molecule has 7 heteroatoms. The van der Waals surface area contributed by atoms with Gasteiger partial charge in [-0.1, -0.05) is 12.1 Å². The number of rotatable bonds is 7. The molecular weight excluding hydrogens is 366 g/mol. The number of ether oxygens (including phenoxy) is 3. The highest BCUT2D eigenvalue weighted by molar-refractivity contribution is 8.18. The van der Waals surface area contributed by atoms with Crippen molar-refractivity contribution >= 4 is 39.8 Å². The fourth-order valence-corrected chi connectivity index (χ4v) is 3.79. The van der Waals surface area contributed by atoms with E-state index in [1.165, 1.54) is 4.90 Å². The predicted molar refractivity (Wildman–Crippen MR) is 106 cm³/mol. The highest BCUT2D eigenvalue weighted by Gasteiger charge is 2.34. The van der Waals surface area contributed by atoms with Gasteiger partial charge in [-0.15, -0.1) is 0 Å². The maximum atomic E-state index is 12.7. The molecule has 0 radical (unpaired) electrons. The summed E-state index contributed by atoms with van der Waals surface area (Å²) in [7, 11) is 4.77. The summed E-state index contributed by atoms with van der Waals surface area (Å²) < 4.78 is 15.8. The molecule has 6 nitrogen and oxygen atoms in total. The standard InChI is InChI=1S/C20H21NO5S/c1-24-10-4-9-21-19(22)18(27-20(21)23)12-16-15-11-14(25-2)7-5-13(15)6-8-17(16)26-3/h5-8,11-12H,4,9-10H2,1-3H3/b18-12+. The van der Waals surface area contributed by atoms with E-state index in [0.29, 0.717) is 36.0 Å². The predicted octanol–water partition coefficient (Wildman–Crippen LogP) is 3.93. The lowest BCUT2D eigenvalue weighted by Gasteiger charge is -2.12. The van der Waals surface area contributed by atoms with Crippen LogP contribution in [0.4, 0.5) is 4.79 Å². The van der Waals surface area contributed by atoms with Gasteiger partial charge in [0.15, 0.2) is 0 Å². The van der Waals surface area contributed by atoms with Crippen molar-refractivity contribution in [3.8, 4) is 11.5 Å². The molecule has 1 aliphatic heterocycles. The molecule has 3 rings (SSSR count). The van der Waals surface area contributed by atoms with Crippen molar-refractivity contribution in [2.24, 2.45) is 0 Å². The number of thioether (sulfide) groups is 1. The molecule has 1 fully saturated rings. The van der Waals surface area contributed by atoms with Crippen LogP contribution in [0.1, 0.15) is 12.0 Å². The number of carbonyl (C=O) groups excluding carboxylic acids is 2. The molecular formula is C20H21NO5S. The summed E-state index contributed by atoms with van der Waals surface area (Å²) in [4.78, 5) is 26.6. The zero-order valence-corrected chi connectivity index (χ0v) is 16.3. The van der Waals surface area contributed by atoms with Gasteiger partial charge in [-0.25, -0.2) is 0 Å². The first kappa shape index (κ1) is 19.3. The first-order valence-corrected chi connectivity index (χ1v) is 9.29. The van der Waals surface area contributed by atoms with Gasteiger partial charge in [0.2, 0.25) is 0 Å². The second-order valence-electron chi connectivity index (χ2n) is 5.95. The first-order valence-electron chi connectivity index (χ1n) is 8.48. The lowest BCUT2D eigenvalue weighted by atomic mass is 10.0. The summed E-state index contributed by atoms with van der Waals surface area (Å²) in [5.74, 6) is 1.04. The van der Waals surface area contributed by atoms with E-state index in [2.05, 4.69) is 0 Å². The molecule has 0 atom stereocenters. The first-order chi connectivity index (χ1) is 13.1. The van der Waals surface area contributed by atoms with Crippen molar-refractivity contribution in [3.05, 3.63) is 40.8 Å². The van der Waals surface area contributed by atoms with Gasteiger partial charge in [0.25, 0.3) is 11.1 Å². The van der Waals surface area contributed by atoms with E-state index >= 15 is 0 Å². The number of hydrogen-bond donors (Lipinski definition) is 0. The zero-order chi connectivity index (χ0) is 19.4. The van der Waals surface area contributed by atoms with E-state index in [4.69, 9.17) is 14.2 Å². The van der Waals surface area contributed by atoms with Gasteiger partial charge in [0, 0.05) is 25.8 Å². The molecule has 1 heterocycles. The Hall–Kier alpha value is -2.51. The quantitative estimate of drug-likeness (QED) is 0.530. The largest absolute Gasteiger partial charge is 0.497 e. The molecule has 0 aromatic heterocycles. The molecule has 27 heavy (non-hydrogen) atoms. The average molecular weight is 387 g/mol. The summed E-state index contributed by atoms with van der Waals surface area (Å²) in [6.45, 7) is 0.841. The van der Waals surface area contributed by atoms with Crippen LogP contribution in [0.3, 0.4) is 0 Å². The molecule has 2 aromatic carbocycles. The van der Waals surface area contributed by atoms with Gasteiger partial charge in [-0.3, -0.25) is 14.5 Å². The minimum atomic E-state index is -0.289. The Bertz CT molecular complexity index is 903. The smallest absolute Gasteiger partial charge is 0.293 e. The van der Waals surface area contributed by atoms with Gasteiger partial charge in [0.05, 0.1) is 19.1 Å². The Balaban J connectivity index is 2.02. The third kappa shape index (κ3) is 3.94. The van der Waals surface area contributed by atoms with Gasteiger partial charge >= 0.3 is 0 Å². The van der Waals surface area contributed by atoms with Crippen LogP contribution in [0.25, 0.3) is 16.8 Å². The second-order valence-corrected chi connectivity index (χ2v) is 6.94. The van der Waals surface area contributed by atoms with Crippen molar-refractivity contribution in [1.82, 2.24) is 4.90 Å². The van der Waals surface area contributed by atoms with Gasteiger partial charge in [-0.2, -0.15) is 0 Å². The van der Waals surface area contributed by atoms with Crippen LogP contribution in [0.5, 0.6) is 11.5 Å². The van der Waals surface area contributed by atoms with E-state index in [0.717, 1.165) is 28.1 Å². The number of fused-ring (bicyclic) bond motifs is 1. The van der Waals surface area contributed by atoms with E-state index in [-0.39, 0.29) is 11.1 Å². The number of hydrogen-bond acceptors (Lipinski definition) is 6. The molecule has 2 aromatic rings. The average Bonchev–Trinajstić information content (AvgIpc) is 2.95. The van der Waals surface area contributed by atoms with Crippen LogP contribution < -0.4 is 9.47 Å². The highest BCUT2D eigenvalue weighted by atomic mass is 32.2. The van der Waals surface area contributed by atoms with E-state index in [1.807, 2.05) is 30.3 Å². The Morgan fingerprint density at radius 2 is 1.85 bits per heavy atom. The van der Waals surface area contributed by atoms with E-state index in [1.54, 1.807) is 27.4 Å². The zero-order valence-electron chi connectivity index (χ0n) is 15.5. The summed E-state index contributed by atoms with van der Waals surface area (Å²) in [5, 5.41) is 1.61. The number of benzene rings is 2. The number of imide groups is 1. The van der Waals surface area contributed by atoms with Crippen LogP contribution in [-0.4, -0.2) is 50.5 Å². The van der Waals surface area contributed by atoms with Crippen LogP contribution in [0, 0.1) is 0 Å². The van der Waals surface area contributed by atoms with Crippen LogP contribution in [0.2, 0.25) is 0 Å². The monoisotopic (exact) mass is 387 g/mol. The second kappa shape index (κ2) is 8.45. The summed E-state index contributed by atoms with van der Waals surface area (Å²) in [6, 6.07) is 9.52. The Labute approximate surface area is 162 Å². The number of nitrogens with zero attached hydrogens (tertiary/aromatic N) is 1. The molecule has 1 aliphatic rings. The molecule has 0 aliphatic carbocycles. The summed E-state index contributed by atoms with van der Waals surface area (Å²) in [6.07, 6.45) is 2.33. The van der Waals surface area contributed by atoms with Gasteiger partial charge in [-0.05, 0) is 53.2 Å². The molecule has 0 unspecified atom stereocenters. The molecule has 0 N–H and O–H groups in total. The van der Waals surface area contributed by atoms with Crippen molar-refractivity contribution in [2.75, 3.05) is 34.5 Å². The van der Waals surface area contributed by atoms with Crippen LogP contribution >= 0.6 is 11.8 Å². The van der Waals surface area contributed by atoms with Crippen molar-refractivity contribution in [2.45, 2.75) is 6.42 Å². The topological polar surface area (TPSA) is 65.1 Å². The van der Waals surface area contributed by atoms with Crippen molar-refractivity contribution in [1.29, 1.82) is 0 Å². The number of methoxy groups -OCH3 is 3. The Morgan fingerprint density at radius 3 is 2.56 bits per heavy atom. The Kier molecular flexibility index (Phi) is 6.03. The fraction of sp³-hybridized carbons (Fsp3) is 0.300. The minimum Gasteiger partial charge on any atom is -0.497 e. The van der Waals surface area contributed by atoms with Crippen LogP contribution in [0.15, 0.2) is 35.2 Å². The summed E-state index contributed by atoms with van der Waals surface area (Å²) >= 11 is 0.943. The molecule has 0 bridgehead atoms. The molecule has 1 saturated heterocycles. The van der Waals surface area contributed by atoms with E-state index < -0.39 is 0 Å². The van der Waals surface area contributed by atoms with Crippen LogP contribution in [-0.2, 0) is 9.53 Å². The van der Waals surface area contributed by atoms with Crippen molar-refractivity contribution in [3.63, 3.8) is 0 Å². The maximum absolute atomic E-state index is 12.7. The van der Waals surface area contributed by atoms with Gasteiger partial charge in [0.1, 0.15) is 11.5 Å². The lowest BCUT2D eigenvalue weighted by molar-refractivity contribution is -0.122. The molecule has 142 valence electrons. The molecule has 0 saturated carbocycles. The lowest BCUT2D eigenvalue weighted by Crippen LogP contribution is -2.29.